The average Bonchev–Trinajstić information content (AvgIpc) is 3.14. The van der Waals surface area contributed by atoms with Crippen LogP contribution in [0.25, 0.3) is 11.1 Å². The van der Waals surface area contributed by atoms with Gasteiger partial charge >= 0.3 is 12.1 Å². The molecule has 0 saturated heterocycles. The summed E-state index contributed by atoms with van der Waals surface area (Å²) in [6, 6.07) is 15.0. The fourth-order valence-corrected chi connectivity index (χ4v) is 4.90. The summed E-state index contributed by atoms with van der Waals surface area (Å²) in [7, 11) is 0. The molecule has 0 aromatic heterocycles. The minimum atomic E-state index is -0.877. The number of carboxylic acid groups (broad SMARTS) is 1. The second kappa shape index (κ2) is 9.94. The van der Waals surface area contributed by atoms with Crippen molar-refractivity contribution >= 4 is 18.0 Å². The first-order valence-corrected chi connectivity index (χ1v) is 12.0. The fourth-order valence-electron chi connectivity index (χ4n) is 4.90. The Labute approximate surface area is 205 Å². The van der Waals surface area contributed by atoms with Gasteiger partial charge in [-0.1, -0.05) is 81.5 Å². The van der Waals surface area contributed by atoms with Crippen molar-refractivity contribution in [1.29, 1.82) is 0 Å². The van der Waals surface area contributed by atoms with Gasteiger partial charge in [0, 0.05) is 12.0 Å². The van der Waals surface area contributed by atoms with Crippen LogP contribution in [-0.2, 0) is 14.3 Å². The molecule has 7 nitrogen and oxygen atoms in total. The minimum Gasteiger partial charge on any atom is -0.481 e. The number of hydrogen-bond acceptors (Lipinski definition) is 4. The average molecular weight is 477 g/mol. The quantitative estimate of drug-likeness (QED) is 0.534. The van der Waals surface area contributed by atoms with Crippen molar-refractivity contribution in [2.24, 2.45) is 11.3 Å². The summed E-state index contributed by atoms with van der Waals surface area (Å²) in [6.07, 6.45) is 3.69. The van der Waals surface area contributed by atoms with Gasteiger partial charge in [-0.25, -0.2) is 4.79 Å². The molecule has 7 heteroatoms. The standard InChI is InChI=1S/C28H32N2O5/c1-28(2,3)24(25(31)29-18-10-8-9-17(15-18)26(32)33)30-27(34)35-16-23-21-13-6-4-11-19(21)20-12-5-7-14-22(20)23/h4-8,10-14,17-18,23-24H,9,15-16H2,1-3H3,(H,29,31)(H,30,34)(H,32,33)/t17-,18-,24+/m1/s1. The predicted octanol–water partition coefficient (Wildman–Crippen LogP) is 4.48. The zero-order valence-electron chi connectivity index (χ0n) is 20.3. The number of carboxylic acids is 1. The SMILES string of the molecule is CC(C)(C)[C@@H](NC(=O)OCC1c2ccccc2-c2ccccc21)C(=O)N[C@@H]1C=CC[C@@H](C(=O)O)C1. The first-order valence-electron chi connectivity index (χ1n) is 12.0. The maximum Gasteiger partial charge on any atom is 0.407 e. The normalized spacial score (nSPS) is 19.9. The second-order valence-corrected chi connectivity index (χ2v) is 10.3. The summed E-state index contributed by atoms with van der Waals surface area (Å²) < 4.78 is 5.63. The third kappa shape index (κ3) is 5.39. The van der Waals surface area contributed by atoms with Crippen molar-refractivity contribution in [3.8, 4) is 11.1 Å². The number of hydrogen-bond donors (Lipinski definition) is 3. The highest BCUT2D eigenvalue weighted by atomic mass is 16.5. The highest BCUT2D eigenvalue weighted by Crippen LogP contribution is 2.44. The predicted molar refractivity (Wildman–Crippen MR) is 133 cm³/mol. The lowest BCUT2D eigenvalue weighted by molar-refractivity contribution is -0.142. The highest BCUT2D eigenvalue weighted by Gasteiger charge is 2.36. The van der Waals surface area contributed by atoms with E-state index in [-0.39, 0.29) is 18.4 Å². The van der Waals surface area contributed by atoms with E-state index in [4.69, 9.17) is 4.74 Å². The van der Waals surface area contributed by atoms with Crippen molar-refractivity contribution < 1.29 is 24.2 Å². The van der Waals surface area contributed by atoms with E-state index >= 15 is 0 Å². The van der Waals surface area contributed by atoms with Crippen LogP contribution in [0.2, 0.25) is 0 Å². The van der Waals surface area contributed by atoms with E-state index in [9.17, 15) is 19.5 Å². The Bertz CT molecular complexity index is 1100. The zero-order valence-corrected chi connectivity index (χ0v) is 20.3. The Kier molecular flexibility index (Phi) is 6.96. The Hall–Kier alpha value is -3.61. The molecule has 4 rings (SSSR count). The van der Waals surface area contributed by atoms with Gasteiger partial charge in [-0.15, -0.1) is 0 Å². The van der Waals surface area contributed by atoms with Crippen LogP contribution in [0.3, 0.4) is 0 Å². The van der Waals surface area contributed by atoms with Crippen molar-refractivity contribution in [3.05, 3.63) is 71.8 Å². The van der Waals surface area contributed by atoms with E-state index in [0.29, 0.717) is 12.8 Å². The summed E-state index contributed by atoms with van der Waals surface area (Å²) in [4.78, 5) is 37.2. The minimum absolute atomic E-state index is 0.0737. The number of fused-ring (bicyclic) bond motifs is 3. The van der Waals surface area contributed by atoms with Gasteiger partial charge in [-0.2, -0.15) is 0 Å². The maximum atomic E-state index is 13.1. The molecule has 0 fully saturated rings. The monoisotopic (exact) mass is 476 g/mol. The molecule has 2 aromatic carbocycles. The summed E-state index contributed by atoms with van der Waals surface area (Å²) in [5.74, 6) is -1.85. The molecule has 2 aliphatic rings. The number of amides is 2. The number of alkyl carbamates (subject to hydrolysis) is 1. The molecule has 2 amide bonds. The van der Waals surface area contributed by atoms with Crippen LogP contribution in [0.4, 0.5) is 4.79 Å². The second-order valence-electron chi connectivity index (χ2n) is 10.3. The van der Waals surface area contributed by atoms with Crippen LogP contribution in [0, 0.1) is 11.3 Å². The smallest absolute Gasteiger partial charge is 0.407 e. The van der Waals surface area contributed by atoms with Crippen molar-refractivity contribution in [2.45, 2.75) is 51.6 Å². The van der Waals surface area contributed by atoms with Gasteiger partial charge in [-0.05, 0) is 40.5 Å². The van der Waals surface area contributed by atoms with Gasteiger partial charge in [-0.3, -0.25) is 9.59 Å². The van der Waals surface area contributed by atoms with Gasteiger partial charge in [0.1, 0.15) is 12.6 Å². The molecule has 0 spiro atoms. The van der Waals surface area contributed by atoms with Crippen LogP contribution in [0.5, 0.6) is 0 Å². The molecule has 3 atom stereocenters. The van der Waals surface area contributed by atoms with Gasteiger partial charge in [0.15, 0.2) is 0 Å². The van der Waals surface area contributed by atoms with Crippen LogP contribution in [-0.4, -0.2) is 41.8 Å². The van der Waals surface area contributed by atoms with E-state index in [1.54, 1.807) is 6.08 Å². The number of benzene rings is 2. The lowest BCUT2D eigenvalue weighted by Crippen LogP contribution is -2.55. The van der Waals surface area contributed by atoms with Crippen molar-refractivity contribution in [3.63, 3.8) is 0 Å². The number of nitrogens with one attached hydrogen (secondary N) is 2. The fraction of sp³-hybridized carbons (Fsp3) is 0.393. The summed E-state index contributed by atoms with van der Waals surface area (Å²) in [6.45, 7) is 5.73. The molecule has 0 bridgehead atoms. The number of carbonyl (C=O) groups excluding carboxylic acids is 2. The first-order chi connectivity index (χ1) is 16.6. The Morgan fingerprint density at radius 2 is 1.63 bits per heavy atom. The van der Waals surface area contributed by atoms with Crippen LogP contribution >= 0.6 is 0 Å². The van der Waals surface area contributed by atoms with Gasteiger partial charge in [0.05, 0.1) is 5.92 Å². The molecule has 0 radical (unpaired) electrons. The Morgan fingerprint density at radius 3 is 2.20 bits per heavy atom. The van der Waals surface area contributed by atoms with E-state index in [1.807, 2.05) is 51.1 Å². The summed E-state index contributed by atoms with van der Waals surface area (Å²) >= 11 is 0. The number of aliphatic carboxylic acids is 1. The molecular weight excluding hydrogens is 444 g/mol. The maximum absolute atomic E-state index is 13.1. The highest BCUT2D eigenvalue weighted by molar-refractivity contribution is 5.87. The number of rotatable bonds is 6. The number of ether oxygens (including phenoxy) is 1. The molecule has 0 saturated carbocycles. The molecule has 0 unspecified atom stereocenters. The van der Waals surface area contributed by atoms with Crippen LogP contribution in [0.1, 0.15) is 50.7 Å². The largest absolute Gasteiger partial charge is 0.481 e. The van der Waals surface area contributed by atoms with Crippen LogP contribution in [0.15, 0.2) is 60.7 Å². The van der Waals surface area contributed by atoms with E-state index in [1.165, 1.54) is 0 Å². The third-order valence-electron chi connectivity index (χ3n) is 6.74. The zero-order chi connectivity index (χ0) is 25.2. The molecule has 2 aromatic rings. The number of allylic oxidation sites excluding steroid dienone is 1. The summed E-state index contributed by atoms with van der Waals surface area (Å²) in [5.41, 5.74) is 3.93. The Morgan fingerprint density at radius 1 is 1.03 bits per heavy atom. The lowest BCUT2D eigenvalue weighted by Gasteiger charge is -2.32. The lowest BCUT2D eigenvalue weighted by atomic mass is 9.85. The van der Waals surface area contributed by atoms with Crippen molar-refractivity contribution in [2.75, 3.05) is 6.61 Å². The van der Waals surface area contributed by atoms with Gasteiger partial charge < -0.3 is 20.5 Å². The topological polar surface area (TPSA) is 105 Å². The molecule has 184 valence electrons. The first kappa shape index (κ1) is 24.5. The van der Waals surface area contributed by atoms with Gasteiger partial charge in [0.2, 0.25) is 5.91 Å². The molecular formula is C28H32N2O5. The molecule has 35 heavy (non-hydrogen) atoms. The van der Waals surface area contributed by atoms with E-state index in [2.05, 4.69) is 34.9 Å². The van der Waals surface area contributed by atoms with Crippen molar-refractivity contribution in [1.82, 2.24) is 10.6 Å². The van der Waals surface area contributed by atoms with E-state index < -0.39 is 35.5 Å². The van der Waals surface area contributed by atoms with E-state index in [0.717, 1.165) is 22.3 Å². The summed E-state index contributed by atoms with van der Waals surface area (Å²) in [5, 5.41) is 14.9. The van der Waals surface area contributed by atoms with Gasteiger partial charge in [0.25, 0.3) is 0 Å². The molecule has 3 N–H and O–H groups in total. The third-order valence-corrected chi connectivity index (χ3v) is 6.74. The molecule has 2 aliphatic carbocycles. The number of carbonyl (C=O) groups is 3. The Balaban J connectivity index is 1.41. The molecule has 0 heterocycles. The molecule has 0 aliphatic heterocycles. The van der Waals surface area contributed by atoms with Crippen LogP contribution < -0.4 is 10.6 Å².